The van der Waals surface area contributed by atoms with Crippen molar-refractivity contribution in [2.75, 3.05) is 7.11 Å². The van der Waals surface area contributed by atoms with Gasteiger partial charge in [0.1, 0.15) is 34.7 Å². The molecule has 0 bridgehead atoms. The number of furan rings is 1. The highest BCUT2D eigenvalue weighted by atomic mass is 32.1. The average Bonchev–Trinajstić information content (AvgIpc) is 3.47. The van der Waals surface area contributed by atoms with Crippen LogP contribution in [0.4, 0.5) is 8.78 Å². The lowest BCUT2D eigenvalue weighted by molar-refractivity contribution is 0.0944. The van der Waals surface area contributed by atoms with E-state index in [0.29, 0.717) is 33.5 Å². The number of rotatable bonds is 8. The number of hydrogen-bond acceptors (Lipinski definition) is 6. The first kappa shape index (κ1) is 21.5. The quantitative estimate of drug-likeness (QED) is 0.395. The summed E-state index contributed by atoms with van der Waals surface area (Å²) >= 11 is 1.32. The lowest BCUT2D eigenvalue weighted by atomic mass is 10.2. The van der Waals surface area contributed by atoms with Gasteiger partial charge in [0.2, 0.25) is 0 Å². The third-order valence-electron chi connectivity index (χ3n) is 4.47. The minimum atomic E-state index is -0.668. The van der Waals surface area contributed by atoms with Crippen molar-refractivity contribution in [1.82, 2.24) is 10.3 Å². The number of nitrogens with zero attached hydrogens (tertiary/aromatic N) is 1. The first-order valence-electron chi connectivity index (χ1n) is 9.54. The number of halogens is 2. The van der Waals surface area contributed by atoms with Gasteiger partial charge in [0.25, 0.3) is 5.91 Å². The molecule has 4 rings (SSSR count). The van der Waals surface area contributed by atoms with Crippen LogP contribution in [0.15, 0.2) is 64.6 Å². The molecule has 9 heteroatoms. The summed E-state index contributed by atoms with van der Waals surface area (Å²) in [5.74, 6) is -0.155. The molecule has 0 fully saturated rings. The molecule has 32 heavy (non-hydrogen) atoms. The van der Waals surface area contributed by atoms with Crippen LogP contribution in [0.3, 0.4) is 0 Å². The molecule has 0 atom stereocenters. The number of hydrogen-bond donors (Lipinski definition) is 1. The monoisotopic (exact) mass is 456 g/mol. The van der Waals surface area contributed by atoms with Crippen molar-refractivity contribution in [3.8, 4) is 22.1 Å². The number of nitrogens with one attached hydrogen (secondary N) is 1. The van der Waals surface area contributed by atoms with E-state index in [2.05, 4.69) is 10.3 Å². The number of aromatic nitrogens is 1. The first-order valence-corrected chi connectivity index (χ1v) is 10.4. The van der Waals surface area contributed by atoms with Crippen LogP contribution in [0.25, 0.3) is 10.6 Å². The van der Waals surface area contributed by atoms with Crippen molar-refractivity contribution in [3.63, 3.8) is 0 Å². The molecule has 0 saturated carbocycles. The molecule has 1 N–H and O–H groups in total. The van der Waals surface area contributed by atoms with Crippen molar-refractivity contribution < 1.29 is 27.5 Å². The number of thiazole rings is 1. The summed E-state index contributed by atoms with van der Waals surface area (Å²) in [7, 11) is 1.49. The normalized spacial score (nSPS) is 10.7. The lowest BCUT2D eigenvalue weighted by Crippen LogP contribution is -2.22. The van der Waals surface area contributed by atoms with Crippen molar-refractivity contribution >= 4 is 17.2 Å². The highest BCUT2D eigenvalue weighted by molar-refractivity contribution is 7.13. The van der Waals surface area contributed by atoms with Gasteiger partial charge in [-0.25, -0.2) is 13.8 Å². The zero-order valence-corrected chi connectivity index (χ0v) is 17.7. The standard InChI is InChI=1S/C23H18F2N2O4S/c1-29-21-9-15(4-5-20(21)31-12-14-7-16(24)10-17(25)8-14)23-27-19(13-32-23)22(28)26-11-18-3-2-6-30-18/h2-10,13H,11-12H2,1H3,(H,26,28). The second kappa shape index (κ2) is 9.61. The van der Waals surface area contributed by atoms with Crippen molar-refractivity contribution in [2.24, 2.45) is 0 Å². The fourth-order valence-corrected chi connectivity index (χ4v) is 3.75. The third-order valence-corrected chi connectivity index (χ3v) is 5.36. The molecule has 0 spiro atoms. The average molecular weight is 456 g/mol. The van der Waals surface area contributed by atoms with Gasteiger partial charge in [-0.05, 0) is 48.0 Å². The van der Waals surface area contributed by atoms with Gasteiger partial charge in [-0.2, -0.15) is 0 Å². The molecule has 2 heterocycles. The molecular formula is C23H18F2N2O4S. The predicted molar refractivity (Wildman–Crippen MR) is 115 cm³/mol. The summed E-state index contributed by atoms with van der Waals surface area (Å²) in [6.07, 6.45) is 1.54. The second-order valence-electron chi connectivity index (χ2n) is 6.73. The maximum absolute atomic E-state index is 13.4. The summed E-state index contributed by atoms with van der Waals surface area (Å²) in [6, 6.07) is 11.9. The molecule has 2 aromatic heterocycles. The zero-order valence-electron chi connectivity index (χ0n) is 16.9. The van der Waals surface area contributed by atoms with E-state index in [-0.39, 0.29) is 19.1 Å². The number of carbonyl (C=O) groups is 1. The van der Waals surface area contributed by atoms with Crippen molar-refractivity contribution in [1.29, 1.82) is 0 Å². The Morgan fingerprint density at radius 1 is 1.12 bits per heavy atom. The fourth-order valence-electron chi connectivity index (χ4n) is 2.96. The second-order valence-corrected chi connectivity index (χ2v) is 7.59. The van der Waals surface area contributed by atoms with Crippen LogP contribution in [0, 0.1) is 11.6 Å². The Morgan fingerprint density at radius 3 is 2.66 bits per heavy atom. The van der Waals surface area contributed by atoms with Gasteiger partial charge in [-0.1, -0.05) is 0 Å². The molecule has 0 aliphatic heterocycles. The molecule has 0 aliphatic carbocycles. The van der Waals surface area contributed by atoms with E-state index in [9.17, 15) is 13.6 Å². The third kappa shape index (κ3) is 5.12. The van der Waals surface area contributed by atoms with Crippen LogP contribution in [-0.4, -0.2) is 18.0 Å². The van der Waals surface area contributed by atoms with Crippen LogP contribution >= 0.6 is 11.3 Å². The lowest BCUT2D eigenvalue weighted by Gasteiger charge is -2.12. The van der Waals surface area contributed by atoms with E-state index in [4.69, 9.17) is 13.9 Å². The summed E-state index contributed by atoms with van der Waals surface area (Å²) < 4.78 is 43.0. The molecule has 0 saturated heterocycles. The topological polar surface area (TPSA) is 73.6 Å². The molecule has 0 unspecified atom stereocenters. The van der Waals surface area contributed by atoms with Crippen LogP contribution in [0.2, 0.25) is 0 Å². The number of ether oxygens (including phenoxy) is 2. The van der Waals surface area contributed by atoms with Crippen molar-refractivity contribution in [2.45, 2.75) is 13.2 Å². The summed E-state index contributed by atoms with van der Waals surface area (Å²) in [4.78, 5) is 16.7. The van der Waals surface area contributed by atoms with E-state index < -0.39 is 11.6 Å². The van der Waals surface area contributed by atoms with E-state index in [1.54, 1.807) is 42.0 Å². The van der Waals surface area contributed by atoms with Crippen LogP contribution in [-0.2, 0) is 13.2 Å². The van der Waals surface area contributed by atoms with E-state index >= 15 is 0 Å². The van der Waals surface area contributed by atoms with Gasteiger partial charge < -0.3 is 19.2 Å². The number of carbonyl (C=O) groups excluding carboxylic acids is 1. The van der Waals surface area contributed by atoms with Crippen LogP contribution < -0.4 is 14.8 Å². The molecule has 164 valence electrons. The SMILES string of the molecule is COc1cc(-c2nc(C(=O)NCc3ccco3)cs2)ccc1OCc1cc(F)cc(F)c1. The van der Waals surface area contributed by atoms with Gasteiger partial charge >= 0.3 is 0 Å². The number of methoxy groups -OCH3 is 1. The largest absolute Gasteiger partial charge is 0.493 e. The highest BCUT2D eigenvalue weighted by Gasteiger charge is 2.14. The van der Waals surface area contributed by atoms with E-state index in [1.807, 2.05) is 0 Å². The van der Waals surface area contributed by atoms with Crippen LogP contribution in [0.1, 0.15) is 21.8 Å². The first-order chi connectivity index (χ1) is 15.5. The molecule has 6 nitrogen and oxygen atoms in total. The van der Waals surface area contributed by atoms with Gasteiger partial charge in [0.05, 0.1) is 19.9 Å². The minimum absolute atomic E-state index is 0.0262. The van der Waals surface area contributed by atoms with E-state index in [0.717, 1.165) is 11.6 Å². The maximum atomic E-state index is 13.4. The summed E-state index contributed by atoms with van der Waals surface area (Å²) in [6.45, 7) is 0.245. The van der Waals surface area contributed by atoms with Gasteiger partial charge in [0, 0.05) is 17.0 Å². The number of benzene rings is 2. The van der Waals surface area contributed by atoms with Gasteiger partial charge in [0.15, 0.2) is 11.5 Å². The summed E-state index contributed by atoms with van der Waals surface area (Å²) in [5.41, 5.74) is 1.39. The Hall–Kier alpha value is -3.72. The Bertz CT molecular complexity index is 1200. The minimum Gasteiger partial charge on any atom is -0.493 e. The molecule has 1 amide bonds. The Morgan fingerprint density at radius 2 is 1.94 bits per heavy atom. The fraction of sp³-hybridized carbons (Fsp3) is 0.130. The highest BCUT2D eigenvalue weighted by Crippen LogP contribution is 2.34. The Balaban J connectivity index is 1.44. The Labute approximate surface area is 186 Å². The van der Waals surface area contributed by atoms with Gasteiger partial charge in [-0.15, -0.1) is 11.3 Å². The number of amides is 1. The molecule has 0 radical (unpaired) electrons. The molecule has 0 aliphatic rings. The predicted octanol–water partition coefficient (Wildman–Crippen LogP) is 5.20. The van der Waals surface area contributed by atoms with Gasteiger partial charge in [-0.3, -0.25) is 4.79 Å². The summed E-state index contributed by atoms with van der Waals surface area (Å²) in [5, 5.41) is 5.05. The van der Waals surface area contributed by atoms with Crippen molar-refractivity contribution in [3.05, 3.63) is 88.8 Å². The Kier molecular flexibility index (Phi) is 6.46. The van der Waals surface area contributed by atoms with Crippen LogP contribution in [0.5, 0.6) is 11.5 Å². The molecule has 2 aromatic carbocycles. The molecule has 4 aromatic rings. The maximum Gasteiger partial charge on any atom is 0.271 e. The van der Waals surface area contributed by atoms with E-state index in [1.165, 1.54) is 30.6 Å². The zero-order chi connectivity index (χ0) is 22.5. The smallest absolute Gasteiger partial charge is 0.271 e. The molecular weight excluding hydrogens is 438 g/mol.